The maximum absolute atomic E-state index is 5.87. The lowest BCUT2D eigenvalue weighted by atomic mass is 9.94. The smallest absolute Gasteiger partial charge is 0.0110 e. The number of rotatable bonds is 8. The molecule has 3 heteroatoms. The van der Waals surface area contributed by atoms with Crippen LogP contribution in [0.4, 0.5) is 0 Å². The first-order valence-corrected chi connectivity index (χ1v) is 7.80. The van der Waals surface area contributed by atoms with Crippen LogP contribution in [0.2, 0.25) is 0 Å². The Kier molecular flexibility index (Phi) is 7.87. The van der Waals surface area contributed by atoms with Crippen LogP contribution < -0.4 is 5.73 Å². The van der Waals surface area contributed by atoms with E-state index in [9.17, 15) is 0 Å². The Hall–Kier alpha value is -0.120. The Bertz CT molecular complexity index is 198. The van der Waals surface area contributed by atoms with Gasteiger partial charge in [-0.05, 0) is 50.7 Å². The zero-order chi connectivity index (χ0) is 13.4. The fraction of sp³-hybridized carbons (Fsp3) is 1.00. The molecule has 18 heavy (non-hydrogen) atoms. The van der Waals surface area contributed by atoms with Crippen LogP contribution in [0.1, 0.15) is 40.0 Å². The minimum absolute atomic E-state index is 0.721. The Labute approximate surface area is 114 Å². The molecule has 108 valence electrons. The van der Waals surface area contributed by atoms with E-state index in [2.05, 4.69) is 30.6 Å². The third-order valence-corrected chi connectivity index (χ3v) is 4.00. The molecule has 0 aromatic rings. The van der Waals surface area contributed by atoms with Gasteiger partial charge in [-0.25, -0.2) is 0 Å². The number of hydrogen-bond acceptors (Lipinski definition) is 3. The van der Waals surface area contributed by atoms with Gasteiger partial charge in [-0.15, -0.1) is 0 Å². The van der Waals surface area contributed by atoms with Gasteiger partial charge in [0.2, 0.25) is 0 Å². The lowest BCUT2D eigenvalue weighted by Crippen LogP contribution is -2.47. The van der Waals surface area contributed by atoms with Crippen molar-refractivity contribution in [1.29, 1.82) is 0 Å². The summed E-state index contributed by atoms with van der Waals surface area (Å²) in [6.07, 6.45) is 3.85. The molecule has 0 saturated carbocycles. The Morgan fingerprint density at radius 1 is 1.00 bits per heavy atom. The van der Waals surface area contributed by atoms with Gasteiger partial charge in [0.05, 0.1) is 0 Å². The van der Waals surface area contributed by atoms with E-state index in [1.54, 1.807) is 0 Å². The molecule has 2 N–H and O–H groups in total. The van der Waals surface area contributed by atoms with Crippen molar-refractivity contribution in [3.05, 3.63) is 0 Å². The molecule has 0 aromatic heterocycles. The summed E-state index contributed by atoms with van der Waals surface area (Å²) >= 11 is 0. The van der Waals surface area contributed by atoms with Crippen molar-refractivity contribution in [3.8, 4) is 0 Å². The van der Waals surface area contributed by atoms with E-state index in [4.69, 9.17) is 5.73 Å². The number of piperazine rings is 1. The van der Waals surface area contributed by atoms with Gasteiger partial charge in [-0.3, -0.25) is 0 Å². The van der Waals surface area contributed by atoms with Crippen LogP contribution >= 0.6 is 0 Å². The predicted octanol–water partition coefficient (Wildman–Crippen LogP) is 2.03. The highest BCUT2D eigenvalue weighted by molar-refractivity contribution is 4.73. The van der Waals surface area contributed by atoms with Crippen LogP contribution in [-0.4, -0.2) is 55.6 Å². The molecule has 1 rings (SSSR count). The van der Waals surface area contributed by atoms with Gasteiger partial charge in [0.15, 0.2) is 0 Å². The third kappa shape index (κ3) is 6.17. The Balaban J connectivity index is 2.16. The topological polar surface area (TPSA) is 32.5 Å². The second kappa shape index (κ2) is 8.89. The van der Waals surface area contributed by atoms with Crippen molar-refractivity contribution in [3.63, 3.8) is 0 Å². The molecule has 0 aliphatic carbocycles. The fourth-order valence-electron chi connectivity index (χ4n) is 2.92. The molecule has 0 amide bonds. The van der Waals surface area contributed by atoms with Gasteiger partial charge in [-0.1, -0.05) is 20.8 Å². The molecular formula is C15H33N3. The molecule has 1 heterocycles. The lowest BCUT2D eigenvalue weighted by Gasteiger charge is -2.35. The molecule has 1 aliphatic rings. The average molecular weight is 255 g/mol. The van der Waals surface area contributed by atoms with E-state index in [0.29, 0.717) is 0 Å². The highest BCUT2D eigenvalue weighted by atomic mass is 15.3. The SMILES string of the molecule is CCCN1CCN(CCC(CN)CC(C)C)CC1. The van der Waals surface area contributed by atoms with Crippen molar-refractivity contribution in [2.45, 2.75) is 40.0 Å². The van der Waals surface area contributed by atoms with Gasteiger partial charge < -0.3 is 15.5 Å². The predicted molar refractivity (Wildman–Crippen MR) is 79.8 cm³/mol. The molecule has 0 bridgehead atoms. The summed E-state index contributed by atoms with van der Waals surface area (Å²) in [5.74, 6) is 1.50. The van der Waals surface area contributed by atoms with Crippen LogP contribution in [0, 0.1) is 11.8 Å². The second-order valence-corrected chi connectivity index (χ2v) is 6.20. The first-order chi connectivity index (χ1) is 8.65. The van der Waals surface area contributed by atoms with Crippen LogP contribution in [-0.2, 0) is 0 Å². The molecule has 1 atom stereocenters. The molecule has 0 spiro atoms. The lowest BCUT2D eigenvalue weighted by molar-refractivity contribution is 0.125. The van der Waals surface area contributed by atoms with E-state index < -0.39 is 0 Å². The molecular weight excluding hydrogens is 222 g/mol. The molecule has 1 aliphatic heterocycles. The standard InChI is InChI=1S/C15H33N3/c1-4-6-17-8-10-18(11-9-17)7-5-15(13-16)12-14(2)3/h14-15H,4-13,16H2,1-3H3. The molecule has 0 radical (unpaired) electrons. The Morgan fingerprint density at radius 3 is 2.00 bits per heavy atom. The molecule has 0 aromatic carbocycles. The zero-order valence-electron chi connectivity index (χ0n) is 12.7. The van der Waals surface area contributed by atoms with E-state index in [1.165, 1.54) is 58.5 Å². The highest BCUT2D eigenvalue weighted by Crippen LogP contribution is 2.15. The molecule has 1 fully saturated rings. The largest absolute Gasteiger partial charge is 0.330 e. The van der Waals surface area contributed by atoms with Gasteiger partial charge in [-0.2, -0.15) is 0 Å². The third-order valence-electron chi connectivity index (χ3n) is 4.00. The summed E-state index contributed by atoms with van der Waals surface area (Å²) < 4.78 is 0. The van der Waals surface area contributed by atoms with Crippen molar-refractivity contribution in [2.24, 2.45) is 17.6 Å². The normalized spacial score (nSPS) is 20.5. The van der Waals surface area contributed by atoms with Gasteiger partial charge >= 0.3 is 0 Å². The number of nitrogens with zero attached hydrogens (tertiary/aromatic N) is 2. The first-order valence-electron chi connectivity index (χ1n) is 7.80. The molecule has 3 nitrogen and oxygen atoms in total. The van der Waals surface area contributed by atoms with Crippen molar-refractivity contribution in [2.75, 3.05) is 45.8 Å². The van der Waals surface area contributed by atoms with E-state index in [0.717, 1.165) is 18.4 Å². The van der Waals surface area contributed by atoms with Crippen LogP contribution in [0.3, 0.4) is 0 Å². The van der Waals surface area contributed by atoms with E-state index >= 15 is 0 Å². The maximum atomic E-state index is 5.87. The van der Waals surface area contributed by atoms with Crippen LogP contribution in [0.25, 0.3) is 0 Å². The van der Waals surface area contributed by atoms with E-state index in [-0.39, 0.29) is 0 Å². The monoisotopic (exact) mass is 255 g/mol. The van der Waals surface area contributed by atoms with Gasteiger partial charge in [0, 0.05) is 26.2 Å². The molecule has 1 saturated heterocycles. The fourth-order valence-corrected chi connectivity index (χ4v) is 2.92. The Morgan fingerprint density at radius 2 is 1.56 bits per heavy atom. The quantitative estimate of drug-likeness (QED) is 0.720. The number of hydrogen-bond donors (Lipinski definition) is 1. The summed E-state index contributed by atoms with van der Waals surface area (Å²) in [7, 11) is 0. The van der Waals surface area contributed by atoms with Crippen molar-refractivity contribution >= 4 is 0 Å². The summed E-state index contributed by atoms with van der Waals surface area (Å²) in [6, 6.07) is 0. The van der Waals surface area contributed by atoms with Crippen LogP contribution in [0.15, 0.2) is 0 Å². The maximum Gasteiger partial charge on any atom is 0.0110 e. The average Bonchev–Trinajstić information content (AvgIpc) is 2.36. The summed E-state index contributed by atoms with van der Waals surface area (Å²) in [5.41, 5.74) is 5.87. The minimum atomic E-state index is 0.721. The van der Waals surface area contributed by atoms with Crippen molar-refractivity contribution in [1.82, 2.24) is 9.80 Å². The summed E-state index contributed by atoms with van der Waals surface area (Å²) in [4.78, 5) is 5.21. The van der Waals surface area contributed by atoms with Crippen molar-refractivity contribution < 1.29 is 0 Å². The van der Waals surface area contributed by atoms with E-state index in [1.807, 2.05) is 0 Å². The van der Waals surface area contributed by atoms with Gasteiger partial charge in [0.1, 0.15) is 0 Å². The minimum Gasteiger partial charge on any atom is -0.330 e. The van der Waals surface area contributed by atoms with Crippen LogP contribution in [0.5, 0.6) is 0 Å². The summed E-state index contributed by atoms with van der Waals surface area (Å²) in [6.45, 7) is 15.2. The molecule has 1 unspecified atom stereocenters. The zero-order valence-corrected chi connectivity index (χ0v) is 12.7. The highest BCUT2D eigenvalue weighted by Gasteiger charge is 2.17. The second-order valence-electron chi connectivity index (χ2n) is 6.20. The first kappa shape index (κ1) is 15.9. The van der Waals surface area contributed by atoms with Gasteiger partial charge in [0.25, 0.3) is 0 Å². The summed E-state index contributed by atoms with van der Waals surface area (Å²) in [5, 5.41) is 0. The number of nitrogens with two attached hydrogens (primary N) is 1.